The van der Waals surface area contributed by atoms with Gasteiger partial charge in [-0.15, -0.1) is 0 Å². The molecule has 0 fully saturated rings. The molecule has 0 saturated carbocycles. The Balaban J connectivity index is 2.07. The molecule has 0 bridgehead atoms. The largest absolute Gasteiger partial charge is 0.480 e. The second-order valence-electron chi connectivity index (χ2n) is 6.76. The van der Waals surface area contributed by atoms with E-state index in [0.29, 0.717) is 12.5 Å². The Morgan fingerprint density at radius 2 is 1.85 bits per heavy atom. The lowest BCUT2D eigenvalue weighted by Crippen LogP contribution is -2.39. The summed E-state index contributed by atoms with van der Waals surface area (Å²) in [5, 5.41) is 10.6. The number of hydrogen-bond acceptors (Lipinski definition) is 7. The van der Waals surface area contributed by atoms with Gasteiger partial charge in [-0.05, 0) is 54.4 Å². The fourth-order valence-electron chi connectivity index (χ4n) is 2.84. The first-order valence-electron chi connectivity index (χ1n) is 9.64. The summed E-state index contributed by atoms with van der Waals surface area (Å²) in [6, 6.07) is 5.89. The second kappa shape index (κ2) is 12.0. The van der Waals surface area contributed by atoms with Crippen LogP contribution < -0.4 is 10.1 Å². The Kier molecular flexibility index (Phi) is 9.34. The number of carboxylic acid groups (broad SMARTS) is 1. The minimum absolute atomic E-state index is 0.0426. The van der Waals surface area contributed by atoms with Crippen molar-refractivity contribution in [2.45, 2.75) is 25.8 Å². The minimum Gasteiger partial charge on any atom is -0.480 e. The lowest BCUT2D eigenvalue weighted by atomic mass is 10.0. The van der Waals surface area contributed by atoms with Gasteiger partial charge in [0.05, 0.1) is 7.11 Å². The summed E-state index contributed by atoms with van der Waals surface area (Å²) in [4.78, 5) is 46.5. The van der Waals surface area contributed by atoms with Crippen molar-refractivity contribution in [1.82, 2.24) is 5.32 Å². The van der Waals surface area contributed by atoms with Gasteiger partial charge in [0.25, 0.3) is 0 Å². The van der Waals surface area contributed by atoms with Crippen LogP contribution in [-0.2, 0) is 14.3 Å². The second-order valence-corrected chi connectivity index (χ2v) is 7.79. The van der Waals surface area contributed by atoms with Crippen molar-refractivity contribution >= 4 is 34.9 Å². The number of carboxylic acids is 1. The molecule has 11 heteroatoms. The predicted molar refractivity (Wildman–Crippen MR) is 116 cm³/mol. The van der Waals surface area contributed by atoms with Crippen molar-refractivity contribution < 1.29 is 42.5 Å². The molecule has 33 heavy (non-hydrogen) atoms. The van der Waals surface area contributed by atoms with E-state index in [0.717, 1.165) is 24.9 Å². The van der Waals surface area contributed by atoms with E-state index in [1.807, 2.05) is 0 Å². The molecule has 0 radical (unpaired) electrons. The fraction of sp³-hybridized carbons (Fsp3) is 0.273. The van der Waals surface area contributed by atoms with Gasteiger partial charge in [0.15, 0.2) is 0 Å². The van der Waals surface area contributed by atoms with Crippen LogP contribution >= 0.6 is 11.8 Å². The van der Waals surface area contributed by atoms with Gasteiger partial charge in [0, 0.05) is 24.3 Å². The van der Waals surface area contributed by atoms with Crippen molar-refractivity contribution in [3.05, 3.63) is 53.6 Å². The van der Waals surface area contributed by atoms with E-state index in [1.54, 1.807) is 0 Å². The number of carbonyl (C=O) groups is 4. The van der Waals surface area contributed by atoms with Crippen LogP contribution in [0.5, 0.6) is 5.75 Å². The van der Waals surface area contributed by atoms with Crippen LogP contribution in [-0.4, -0.2) is 47.2 Å². The zero-order chi connectivity index (χ0) is 24.5. The maximum Gasteiger partial charge on any atom is 0.372 e. The lowest BCUT2D eigenvalue weighted by Gasteiger charge is -2.13. The molecule has 1 unspecified atom stereocenters. The van der Waals surface area contributed by atoms with E-state index >= 15 is 0 Å². The van der Waals surface area contributed by atoms with Gasteiger partial charge in [-0.3, -0.25) is 4.79 Å². The van der Waals surface area contributed by atoms with Crippen LogP contribution in [0.4, 0.5) is 13.6 Å². The number of methoxy groups -OCH3 is 1. The number of halogens is 2. The molecule has 176 valence electrons. The highest BCUT2D eigenvalue weighted by Gasteiger charge is 2.20. The molecule has 2 N–H and O–H groups in total. The zero-order valence-electron chi connectivity index (χ0n) is 17.7. The first-order valence-corrected chi connectivity index (χ1v) is 10.6. The molecule has 1 amide bonds. The van der Waals surface area contributed by atoms with E-state index in [2.05, 4.69) is 5.32 Å². The van der Waals surface area contributed by atoms with Gasteiger partial charge in [-0.1, -0.05) is 6.07 Å². The number of aliphatic carboxylic acids is 1. The zero-order valence-corrected chi connectivity index (χ0v) is 18.5. The topological polar surface area (TPSA) is 119 Å². The molecule has 0 aliphatic carbocycles. The van der Waals surface area contributed by atoms with Crippen LogP contribution in [0.2, 0.25) is 0 Å². The summed E-state index contributed by atoms with van der Waals surface area (Å²) in [5.41, 5.74) is 0.156. The van der Waals surface area contributed by atoms with Crippen LogP contribution in [0.15, 0.2) is 36.4 Å². The molecule has 8 nitrogen and oxygen atoms in total. The number of rotatable bonds is 9. The molecule has 0 aromatic heterocycles. The number of hydrogen-bond donors (Lipinski definition) is 2. The van der Waals surface area contributed by atoms with Gasteiger partial charge >= 0.3 is 17.2 Å². The van der Waals surface area contributed by atoms with E-state index in [1.165, 1.54) is 31.2 Å². The van der Waals surface area contributed by atoms with Crippen LogP contribution in [0.25, 0.3) is 11.1 Å². The number of benzene rings is 2. The number of esters is 1. The third kappa shape index (κ3) is 7.56. The van der Waals surface area contributed by atoms with E-state index in [-0.39, 0.29) is 34.6 Å². The van der Waals surface area contributed by atoms with Crippen LogP contribution in [0, 0.1) is 11.6 Å². The average Bonchev–Trinajstić information content (AvgIpc) is 2.75. The highest BCUT2D eigenvalue weighted by atomic mass is 32.2. The number of amides is 1. The Hall–Kier alpha value is -3.47. The Labute approximate surface area is 192 Å². The van der Waals surface area contributed by atoms with Crippen molar-refractivity contribution in [3.8, 4) is 16.9 Å². The number of ether oxygens (including phenoxy) is 2. The summed E-state index contributed by atoms with van der Waals surface area (Å²) in [5.74, 6) is -3.98. The van der Waals surface area contributed by atoms with Crippen molar-refractivity contribution in [2.24, 2.45) is 0 Å². The summed E-state index contributed by atoms with van der Waals surface area (Å²) in [7, 11) is 1.13. The van der Waals surface area contributed by atoms with Crippen molar-refractivity contribution in [2.75, 3.05) is 12.9 Å². The molecule has 0 aliphatic rings. The minimum atomic E-state index is -1.18. The van der Waals surface area contributed by atoms with Gasteiger partial charge in [0.1, 0.15) is 29.0 Å². The monoisotopic (exact) mass is 481 g/mol. The molecule has 0 spiro atoms. The van der Waals surface area contributed by atoms with Gasteiger partial charge < -0.3 is 19.9 Å². The quantitative estimate of drug-likeness (QED) is 0.407. The summed E-state index contributed by atoms with van der Waals surface area (Å²) < 4.78 is 37.2. The van der Waals surface area contributed by atoms with E-state index in [4.69, 9.17) is 14.6 Å². The molecule has 0 saturated heterocycles. The molecule has 2 aromatic rings. The predicted octanol–water partition coefficient (Wildman–Crippen LogP) is 4.02. The van der Waals surface area contributed by atoms with Gasteiger partial charge in [-0.2, -0.15) is 0 Å². The maximum atomic E-state index is 14.1. The van der Waals surface area contributed by atoms with E-state index in [9.17, 15) is 28.0 Å². The highest BCUT2D eigenvalue weighted by molar-refractivity contribution is 8.13. The van der Waals surface area contributed by atoms with Crippen LogP contribution in [0.3, 0.4) is 0 Å². The smallest absolute Gasteiger partial charge is 0.372 e. The summed E-state index contributed by atoms with van der Waals surface area (Å²) in [6.07, 6.45) is 0.407. The van der Waals surface area contributed by atoms with Gasteiger partial charge in [0.2, 0.25) is 5.91 Å². The Bertz CT molecular complexity index is 1060. The summed E-state index contributed by atoms with van der Waals surface area (Å²) in [6.45, 7) is 1.21. The highest BCUT2D eigenvalue weighted by Crippen LogP contribution is 2.30. The molecule has 2 aromatic carbocycles. The first kappa shape index (κ1) is 25.8. The molecular weight excluding hydrogens is 460 g/mol. The molecule has 0 aliphatic heterocycles. The molecular formula is C22H21F2NO7S. The van der Waals surface area contributed by atoms with Crippen LogP contribution in [0.1, 0.15) is 30.1 Å². The number of thioether (sulfide) groups is 1. The fourth-order valence-corrected chi connectivity index (χ4v) is 3.47. The molecule has 1 atom stereocenters. The maximum absolute atomic E-state index is 14.1. The normalized spacial score (nSPS) is 11.4. The van der Waals surface area contributed by atoms with E-state index < -0.39 is 40.8 Å². The number of carbonyl (C=O) groups excluding carboxylic acids is 3. The number of nitrogens with one attached hydrogen (secondary N) is 1. The summed E-state index contributed by atoms with van der Waals surface area (Å²) >= 11 is 0.756. The standard InChI is InChI=1S/C22H21F2NO7S/c1-12(26)25-18(20(27)28)4-3-9-33-22(30)32-19-8-5-13(10-16(19)21(29)31-2)15-7-6-14(23)11-17(15)24/h5-8,10-11,18H,3-4,9H2,1-2H3,(H,25,26)(H,27,28). The molecule has 2 rings (SSSR count). The lowest BCUT2D eigenvalue weighted by molar-refractivity contribution is -0.141. The SMILES string of the molecule is COC(=O)c1cc(-c2ccc(F)cc2F)ccc1OC(=O)SCCCC(NC(C)=O)C(=O)O. The van der Waals surface area contributed by atoms with Crippen molar-refractivity contribution in [1.29, 1.82) is 0 Å². The van der Waals surface area contributed by atoms with Crippen molar-refractivity contribution in [3.63, 3.8) is 0 Å². The Morgan fingerprint density at radius 1 is 1.12 bits per heavy atom. The third-order valence-electron chi connectivity index (χ3n) is 4.35. The molecule has 0 heterocycles. The third-order valence-corrected chi connectivity index (χ3v) is 5.16. The average molecular weight is 481 g/mol. The Morgan fingerprint density at radius 3 is 2.45 bits per heavy atom. The first-order chi connectivity index (χ1) is 15.6. The van der Waals surface area contributed by atoms with Gasteiger partial charge in [-0.25, -0.2) is 23.2 Å².